The van der Waals surface area contributed by atoms with Gasteiger partial charge < -0.3 is 4.74 Å². The van der Waals surface area contributed by atoms with Crippen molar-refractivity contribution in [1.29, 1.82) is 0 Å². The number of rotatable bonds is 8. The van der Waals surface area contributed by atoms with Crippen LogP contribution in [0.25, 0.3) is 11.4 Å². The van der Waals surface area contributed by atoms with Crippen LogP contribution in [-0.2, 0) is 6.61 Å². The third kappa shape index (κ3) is 4.58. The van der Waals surface area contributed by atoms with Crippen LogP contribution in [0.3, 0.4) is 0 Å². The molecule has 1 aliphatic rings. The van der Waals surface area contributed by atoms with E-state index in [0.717, 1.165) is 17.0 Å². The zero-order chi connectivity index (χ0) is 23.5. The summed E-state index contributed by atoms with van der Waals surface area (Å²) in [5.41, 5.74) is 4.82. The summed E-state index contributed by atoms with van der Waals surface area (Å²) in [7, 11) is 0. The van der Waals surface area contributed by atoms with Crippen LogP contribution in [0.15, 0.2) is 72.9 Å². The highest BCUT2D eigenvalue weighted by Gasteiger charge is 2.41. The molecule has 6 heteroatoms. The molecule has 0 radical (unpaired) electrons. The Labute approximate surface area is 201 Å². The molecule has 2 aromatic heterocycles. The lowest BCUT2D eigenvalue weighted by Crippen LogP contribution is -2.33. The third-order valence-corrected chi connectivity index (χ3v) is 6.91. The molecule has 0 N–H and O–H groups in total. The number of hydrogen-bond donors (Lipinski definition) is 0. The lowest BCUT2D eigenvalue weighted by atomic mass is 9.59. The number of aromatic nitrogens is 5. The zero-order valence-electron chi connectivity index (χ0n) is 20.1. The van der Waals surface area contributed by atoms with Crippen LogP contribution < -0.4 is 4.74 Å². The van der Waals surface area contributed by atoms with E-state index in [1.54, 1.807) is 11.0 Å². The van der Waals surface area contributed by atoms with Crippen molar-refractivity contribution < 1.29 is 4.74 Å². The first-order valence-electron chi connectivity index (χ1n) is 12.0. The van der Waals surface area contributed by atoms with E-state index in [-0.39, 0.29) is 11.5 Å². The highest BCUT2D eigenvalue weighted by Crippen LogP contribution is 2.54. The highest BCUT2D eigenvalue weighted by molar-refractivity contribution is 5.55. The van der Waals surface area contributed by atoms with Crippen molar-refractivity contribution >= 4 is 0 Å². The molecular weight excluding hydrogens is 422 g/mol. The summed E-state index contributed by atoms with van der Waals surface area (Å²) >= 11 is 0. The summed E-state index contributed by atoms with van der Waals surface area (Å²) in [5, 5.41) is 12.9. The van der Waals surface area contributed by atoms with Crippen LogP contribution in [0.2, 0.25) is 0 Å². The number of pyridine rings is 1. The Morgan fingerprint density at radius 1 is 0.941 bits per heavy atom. The summed E-state index contributed by atoms with van der Waals surface area (Å²) in [6.07, 6.45) is 5.56. The van der Waals surface area contributed by atoms with Gasteiger partial charge in [0.05, 0.1) is 11.7 Å². The van der Waals surface area contributed by atoms with E-state index in [1.807, 2.05) is 32.0 Å². The average molecular weight is 454 g/mol. The molecule has 2 heterocycles. The normalized spacial score (nSPS) is 15.6. The van der Waals surface area contributed by atoms with Crippen molar-refractivity contribution in [2.24, 2.45) is 5.41 Å². The van der Waals surface area contributed by atoms with E-state index in [1.165, 1.54) is 30.4 Å². The summed E-state index contributed by atoms with van der Waals surface area (Å²) in [6.45, 7) is 6.98. The topological polar surface area (TPSA) is 65.7 Å². The van der Waals surface area contributed by atoms with E-state index >= 15 is 0 Å². The first kappa shape index (κ1) is 22.3. The largest absolute Gasteiger partial charge is 0.487 e. The van der Waals surface area contributed by atoms with Crippen LogP contribution in [0.4, 0.5) is 0 Å². The number of ether oxygens (including phenoxy) is 1. The van der Waals surface area contributed by atoms with Gasteiger partial charge in [-0.05, 0) is 72.7 Å². The number of nitrogens with zero attached hydrogens (tertiary/aromatic N) is 5. The van der Waals surface area contributed by atoms with Crippen molar-refractivity contribution in [2.75, 3.05) is 0 Å². The molecule has 2 aromatic carbocycles. The van der Waals surface area contributed by atoms with Gasteiger partial charge in [-0.25, -0.2) is 0 Å². The second-order valence-electron chi connectivity index (χ2n) is 9.77. The quantitative estimate of drug-likeness (QED) is 0.317. The molecular formula is C28H31N5O. The first-order valence-corrected chi connectivity index (χ1v) is 12.0. The van der Waals surface area contributed by atoms with Crippen molar-refractivity contribution in [2.45, 2.75) is 58.6 Å². The Balaban J connectivity index is 1.36. The fraction of sp³-hybridized carbons (Fsp3) is 0.357. The van der Waals surface area contributed by atoms with Crippen molar-refractivity contribution in [3.05, 3.63) is 89.7 Å². The minimum atomic E-state index is 0.194. The van der Waals surface area contributed by atoms with Crippen LogP contribution in [0.5, 0.6) is 5.75 Å². The number of tetrazole rings is 1. The molecule has 0 spiro atoms. The van der Waals surface area contributed by atoms with Gasteiger partial charge in [-0.3, -0.25) is 4.98 Å². The molecule has 4 aromatic rings. The minimum Gasteiger partial charge on any atom is -0.487 e. The Morgan fingerprint density at radius 3 is 2.21 bits per heavy atom. The van der Waals surface area contributed by atoms with Crippen molar-refractivity contribution in [3.8, 4) is 17.1 Å². The lowest BCUT2D eigenvalue weighted by Gasteiger charge is -2.46. The van der Waals surface area contributed by atoms with Crippen LogP contribution in [0, 0.1) is 5.41 Å². The Kier molecular flexibility index (Phi) is 6.14. The predicted molar refractivity (Wildman–Crippen MR) is 132 cm³/mol. The maximum absolute atomic E-state index is 5.96. The van der Waals surface area contributed by atoms with Crippen LogP contribution in [0.1, 0.15) is 68.8 Å². The summed E-state index contributed by atoms with van der Waals surface area (Å²) in [5.74, 6) is 1.86. The van der Waals surface area contributed by atoms with Gasteiger partial charge in [0, 0.05) is 17.7 Å². The summed E-state index contributed by atoms with van der Waals surface area (Å²) in [6, 6.07) is 23.3. The van der Waals surface area contributed by atoms with E-state index in [9.17, 15) is 0 Å². The second kappa shape index (κ2) is 9.37. The molecule has 1 unspecified atom stereocenters. The first-order chi connectivity index (χ1) is 16.5. The van der Waals surface area contributed by atoms with Crippen molar-refractivity contribution in [3.63, 3.8) is 0 Å². The molecule has 1 aliphatic carbocycles. The van der Waals surface area contributed by atoms with E-state index < -0.39 is 0 Å². The van der Waals surface area contributed by atoms with Crippen LogP contribution in [-0.4, -0.2) is 25.2 Å². The van der Waals surface area contributed by atoms with E-state index in [0.29, 0.717) is 18.3 Å². The highest BCUT2D eigenvalue weighted by atomic mass is 16.5. The minimum absolute atomic E-state index is 0.194. The van der Waals surface area contributed by atoms with Gasteiger partial charge in [-0.2, -0.15) is 4.80 Å². The molecule has 1 saturated carbocycles. The Hall–Kier alpha value is -3.54. The molecule has 6 nitrogen and oxygen atoms in total. The summed E-state index contributed by atoms with van der Waals surface area (Å²) in [4.78, 5) is 5.98. The standard InChI is InChI=1S/C28H31N5O/c1-20(2)33-31-27(30-32-33)23-10-8-21(9-11-23)26(28(3)16-6-17-28)22-12-14-25(15-13-22)34-19-24-7-4-5-18-29-24/h4-5,7-15,18,20,26H,6,16-17,19H2,1-3H3. The molecule has 0 aliphatic heterocycles. The number of hydrogen-bond acceptors (Lipinski definition) is 5. The summed E-state index contributed by atoms with van der Waals surface area (Å²) < 4.78 is 5.96. The van der Waals surface area contributed by atoms with Gasteiger partial charge >= 0.3 is 0 Å². The fourth-order valence-corrected chi connectivity index (χ4v) is 4.80. The molecule has 0 bridgehead atoms. The van der Waals surface area contributed by atoms with E-state index in [4.69, 9.17) is 4.74 Å². The number of benzene rings is 2. The van der Waals surface area contributed by atoms with Gasteiger partial charge in [0.1, 0.15) is 12.4 Å². The second-order valence-corrected chi connectivity index (χ2v) is 9.77. The van der Waals surface area contributed by atoms with E-state index in [2.05, 4.69) is 75.8 Å². The Bertz CT molecular complexity index is 1210. The monoisotopic (exact) mass is 453 g/mol. The molecule has 0 amide bonds. The smallest absolute Gasteiger partial charge is 0.204 e. The zero-order valence-corrected chi connectivity index (χ0v) is 20.1. The Morgan fingerprint density at radius 2 is 1.65 bits per heavy atom. The maximum atomic E-state index is 5.96. The SMILES string of the molecule is CC(C)n1nnc(-c2ccc(C(c3ccc(OCc4ccccn4)cc3)C3(C)CCC3)cc2)n1. The lowest BCUT2D eigenvalue weighted by molar-refractivity contribution is 0.135. The molecule has 34 heavy (non-hydrogen) atoms. The molecule has 0 saturated heterocycles. The molecule has 5 rings (SSSR count). The average Bonchev–Trinajstić information content (AvgIpc) is 3.35. The molecule has 1 fully saturated rings. The van der Waals surface area contributed by atoms with Crippen molar-refractivity contribution in [1.82, 2.24) is 25.2 Å². The third-order valence-electron chi connectivity index (χ3n) is 6.91. The fourth-order valence-electron chi connectivity index (χ4n) is 4.80. The van der Waals surface area contributed by atoms with Gasteiger partial charge in [0.25, 0.3) is 0 Å². The maximum Gasteiger partial charge on any atom is 0.204 e. The predicted octanol–water partition coefficient (Wildman–Crippen LogP) is 6.22. The van der Waals surface area contributed by atoms with Gasteiger partial charge in [0.15, 0.2) is 0 Å². The molecule has 174 valence electrons. The van der Waals surface area contributed by atoms with Crippen LogP contribution >= 0.6 is 0 Å². The molecule has 1 atom stereocenters. The van der Waals surface area contributed by atoms with Gasteiger partial charge in [0.2, 0.25) is 5.82 Å². The van der Waals surface area contributed by atoms with Gasteiger partial charge in [-0.15, -0.1) is 10.2 Å². The van der Waals surface area contributed by atoms with Gasteiger partial charge in [-0.1, -0.05) is 55.8 Å².